The Hall–Kier alpha value is -2.19. The molecule has 0 saturated carbocycles. The maximum Gasteiger partial charge on any atom is 0.223 e. The van der Waals surface area contributed by atoms with E-state index in [2.05, 4.69) is 5.10 Å². The number of carbonyl (C=O) groups excluding carboxylic acids is 1. The van der Waals surface area contributed by atoms with Gasteiger partial charge in [-0.25, -0.2) is 8.42 Å². The van der Waals surface area contributed by atoms with Crippen LogP contribution in [0.1, 0.15) is 29.5 Å². The van der Waals surface area contributed by atoms with Gasteiger partial charge in [0.15, 0.2) is 0 Å². The van der Waals surface area contributed by atoms with Crippen LogP contribution in [0.3, 0.4) is 0 Å². The first kappa shape index (κ1) is 18.6. The maximum absolute atomic E-state index is 12.5. The van der Waals surface area contributed by atoms with E-state index in [4.69, 9.17) is 0 Å². The van der Waals surface area contributed by atoms with E-state index < -0.39 is 15.9 Å². The van der Waals surface area contributed by atoms with Crippen molar-refractivity contribution in [3.05, 3.63) is 53.3 Å². The van der Waals surface area contributed by atoms with Crippen molar-refractivity contribution >= 4 is 15.7 Å². The third-order valence-electron chi connectivity index (χ3n) is 4.44. The number of aliphatic hydroxyl groups is 1. The minimum absolute atomic E-state index is 0.0829. The first-order valence-electron chi connectivity index (χ1n) is 8.56. The predicted molar refractivity (Wildman–Crippen MR) is 97.1 cm³/mol. The maximum atomic E-state index is 12.5. The van der Waals surface area contributed by atoms with Crippen LogP contribution < -0.4 is 0 Å². The smallest absolute Gasteiger partial charge is 0.223 e. The van der Waals surface area contributed by atoms with Crippen molar-refractivity contribution in [2.24, 2.45) is 0 Å². The number of carbonyl (C=O) groups is 1. The Kier molecular flexibility index (Phi) is 5.43. The number of hydrogen-bond acceptors (Lipinski definition) is 5. The highest BCUT2D eigenvalue weighted by atomic mass is 32.2. The number of rotatable bonds is 6. The summed E-state index contributed by atoms with van der Waals surface area (Å²) in [5.74, 6) is -0.275. The second-order valence-electron chi connectivity index (χ2n) is 6.69. The SMILES string of the molecule is CS(=O)(=O)C[C@@H](O)c1cc2n(n1)CCN(C(=O)CCc1ccccc1)C2. The number of hydrogen-bond donors (Lipinski definition) is 1. The third kappa shape index (κ3) is 4.70. The van der Waals surface area contributed by atoms with Gasteiger partial charge in [0.25, 0.3) is 0 Å². The summed E-state index contributed by atoms with van der Waals surface area (Å²) in [7, 11) is -3.29. The van der Waals surface area contributed by atoms with Crippen molar-refractivity contribution in [2.75, 3.05) is 18.6 Å². The van der Waals surface area contributed by atoms with Crippen LogP contribution in [0.5, 0.6) is 0 Å². The molecule has 2 aromatic rings. The Bertz CT molecular complexity index is 877. The van der Waals surface area contributed by atoms with Crippen molar-refractivity contribution < 1.29 is 18.3 Å². The van der Waals surface area contributed by atoms with Crippen LogP contribution in [0.25, 0.3) is 0 Å². The summed E-state index contributed by atoms with van der Waals surface area (Å²) in [6.07, 6.45) is 1.08. The molecule has 1 N–H and O–H groups in total. The Balaban J connectivity index is 1.61. The standard InChI is InChI=1S/C18H23N3O4S/c1-26(24,25)13-17(22)16-11-15-12-20(9-10-21(15)19-16)18(23)8-7-14-5-3-2-4-6-14/h2-6,11,17,22H,7-10,12-13H2,1H3/t17-/m1/s1. The Labute approximate surface area is 153 Å². The molecule has 8 heteroatoms. The lowest BCUT2D eigenvalue weighted by Crippen LogP contribution is -2.38. The Morgan fingerprint density at radius 3 is 2.69 bits per heavy atom. The van der Waals surface area contributed by atoms with Crippen LogP contribution in [-0.4, -0.2) is 52.7 Å². The lowest BCUT2D eigenvalue weighted by Gasteiger charge is -2.27. The number of aromatic nitrogens is 2. The van der Waals surface area contributed by atoms with Gasteiger partial charge in [0, 0.05) is 19.2 Å². The lowest BCUT2D eigenvalue weighted by atomic mass is 10.1. The summed E-state index contributed by atoms with van der Waals surface area (Å²) in [6, 6.07) is 11.6. The second-order valence-corrected chi connectivity index (χ2v) is 8.88. The Morgan fingerprint density at radius 1 is 1.27 bits per heavy atom. The van der Waals surface area contributed by atoms with Gasteiger partial charge in [0.2, 0.25) is 5.91 Å². The average Bonchev–Trinajstić information content (AvgIpc) is 3.02. The monoisotopic (exact) mass is 377 g/mol. The molecule has 0 fully saturated rings. The Morgan fingerprint density at radius 2 is 2.00 bits per heavy atom. The fraction of sp³-hybridized carbons (Fsp3) is 0.444. The first-order chi connectivity index (χ1) is 12.3. The summed E-state index contributed by atoms with van der Waals surface area (Å²) < 4.78 is 24.4. The minimum atomic E-state index is -3.29. The third-order valence-corrected chi connectivity index (χ3v) is 5.36. The zero-order chi connectivity index (χ0) is 18.7. The molecule has 0 aliphatic carbocycles. The van der Waals surface area contributed by atoms with Gasteiger partial charge in [-0.15, -0.1) is 0 Å². The fourth-order valence-corrected chi connectivity index (χ4v) is 3.83. The van der Waals surface area contributed by atoms with E-state index in [0.717, 1.165) is 17.5 Å². The lowest BCUT2D eigenvalue weighted by molar-refractivity contribution is -0.132. The van der Waals surface area contributed by atoms with Crippen LogP contribution in [0.15, 0.2) is 36.4 Å². The molecule has 1 aliphatic rings. The van der Waals surface area contributed by atoms with E-state index >= 15 is 0 Å². The highest BCUT2D eigenvalue weighted by Gasteiger charge is 2.25. The number of aryl methyl sites for hydroxylation is 1. The number of fused-ring (bicyclic) bond motifs is 1. The molecule has 1 amide bonds. The minimum Gasteiger partial charge on any atom is -0.386 e. The van der Waals surface area contributed by atoms with Crippen LogP contribution in [0.4, 0.5) is 0 Å². The van der Waals surface area contributed by atoms with Crippen molar-refractivity contribution in [3.63, 3.8) is 0 Å². The molecular weight excluding hydrogens is 354 g/mol. The van der Waals surface area contributed by atoms with Crippen LogP contribution in [0, 0.1) is 0 Å². The molecule has 0 unspecified atom stereocenters. The van der Waals surface area contributed by atoms with E-state index in [9.17, 15) is 18.3 Å². The van der Waals surface area contributed by atoms with E-state index in [0.29, 0.717) is 38.2 Å². The number of aliphatic hydroxyl groups excluding tert-OH is 1. The molecule has 140 valence electrons. The van der Waals surface area contributed by atoms with Crippen molar-refractivity contribution in [1.29, 1.82) is 0 Å². The number of sulfone groups is 1. The average molecular weight is 377 g/mol. The van der Waals surface area contributed by atoms with Gasteiger partial charge in [-0.05, 0) is 18.1 Å². The largest absolute Gasteiger partial charge is 0.386 e. The summed E-state index contributed by atoms with van der Waals surface area (Å²) >= 11 is 0. The van der Waals surface area contributed by atoms with Gasteiger partial charge in [0.1, 0.15) is 15.9 Å². The first-order valence-corrected chi connectivity index (χ1v) is 10.6. The molecule has 3 rings (SSSR count). The van der Waals surface area contributed by atoms with Crippen LogP contribution >= 0.6 is 0 Å². The van der Waals surface area contributed by atoms with Crippen molar-refractivity contribution in [2.45, 2.75) is 32.0 Å². The summed E-state index contributed by atoms with van der Waals surface area (Å²) in [4.78, 5) is 14.3. The van der Waals surface area contributed by atoms with Gasteiger partial charge in [-0.3, -0.25) is 9.48 Å². The van der Waals surface area contributed by atoms with Crippen LogP contribution in [0.2, 0.25) is 0 Å². The molecular formula is C18H23N3O4S. The van der Waals surface area contributed by atoms with Crippen molar-refractivity contribution in [3.8, 4) is 0 Å². The molecule has 0 spiro atoms. The van der Waals surface area contributed by atoms with E-state index in [1.54, 1.807) is 15.6 Å². The molecule has 0 saturated heterocycles. The number of nitrogens with zero attached hydrogens (tertiary/aromatic N) is 3. The number of benzene rings is 1. The van der Waals surface area contributed by atoms with Gasteiger partial charge >= 0.3 is 0 Å². The quantitative estimate of drug-likeness (QED) is 0.809. The summed E-state index contributed by atoms with van der Waals surface area (Å²) in [5, 5.41) is 14.3. The molecule has 0 radical (unpaired) electrons. The topological polar surface area (TPSA) is 92.5 Å². The van der Waals surface area contributed by atoms with Gasteiger partial charge in [-0.2, -0.15) is 5.10 Å². The van der Waals surface area contributed by atoms with Gasteiger partial charge in [0.05, 0.1) is 30.2 Å². The molecule has 1 atom stereocenters. The highest BCUT2D eigenvalue weighted by Crippen LogP contribution is 2.20. The zero-order valence-electron chi connectivity index (χ0n) is 14.7. The molecule has 2 heterocycles. The van der Waals surface area contributed by atoms with E-state index in [-0.39, 0.29) is 11.7 Å². The van der Waals surface area contributed by atoms with E-state index in [1.165, 1.54) is 0 Å². The number of amides is 1. The second kappa shape index (κ2) is 7.59. The van der Waals surface area contributed by atoms with Gasteiger partial charge in [-0.1, -0.05) is 30.3 Å². The molecule has 1 aromatic carbocycles. The fourth-order valence-electron chi connectivity index (χ4n) is 3.09. The molecule has 7 nitrogen and oxygen atoms in total. The molecule has 1 aliphatic heterocycles. The normalized spacial score (nSPS) is 15.5. The summed E-state index contributed by atoms with van der Waals surface area (Å²) in [5.41, 5.74) is 2.28. The van der Waals surface area contributed by atoms with Gasteiger partial charge < -0.3 is 10.0 Å². The zero-order valence-corrected chi connectivity index (χ0v) is 15.5. The highest BCUT2D eigenvalue weighted by molar-refractivity contribution is 7.90. The van der Waals surface area contributed by atoms with E-state index in [1.807, 2.05) is 30.3 Å². The molecule has 0 bridgehead atoms. The predicted octanol–water partition coefficient (Wildman–Crippen LogP) is 0.936. The van der Waals surface area contributed by atoms with Crippen LogP contribution in [-0.2, 0) is 34.1 Å². The molecule has 26 heavy (non-hydrogen) atoms. The van der Waals surface area contributed by atoms with Crippen molar-refractivity contribution in [1.82, 2.24) is 14.7 Å². The molecule has 1 aromatic heterocycles. The summed E-state index contributed by atoms with van der Waals surface area (Å²) in [6.45, 7) is 1.52.